The molecule has 2 aromatic heterocycles. The molecular formula is C26H35N5O2. The highest BCUT2D eigenvalue weighted by atomic mass is 16.2. The first-order chi connectivity index (χ1) is 15.9. The van der Waals surface area contributed by atoms with Gasteiger partial charge in [-0.1, -0.05) is 6.07 Å². The van der Waals surface area contributed by atoms with Crippen LogP contribution < -0.4 is 11.1 Å². The van der Waals surface area contributed by atoms with Crippen LogP contribution in [-0.2, 0) is 4.79 Å². The van der Waals surface area contributed by atoms with Crippen molar-refractivity contribution in [2.24, 2.45) is 28.9 Å². The molecule has 0 aromatic carbocycles. The van der Waals surface area contributed by atoms with Crippen molar-refractivity contribution in [3.05, 3.63) is 35.8 Å². The van der Waals surface area contributed by atoms with E-state index >= 15 is 0 Å². The van der Waals surface area contributed by atoms with Crippen LogP contribution >= 0.6 is 0 Å². The maximum absolute atomic E-state index is 13.3. The van der Waals surface area contributed by atoms with Gasteiger partial charge < -0.3 is 16.0 Å². The molecule has 0 spiro atoms. The number of carbonyl (C=O) groups excluding carboxylic acids is 2. The predicted octanol–water partition coefficient (Wildman–Crippen LogP) is 2.94. The Morgan fingerprint density at radius 2 is 1.88 bits per heavy atom. The second kappa shape index (κ2) is 7.83. The summed E-state index contributed by atoms with van der Waals surface area (Å²) < 4.78 is 1.84. The van der Waals surface area contributed by atoms with E-state index in [1.54, 1.807) is 0 Å². The zero-order valence-electron chi connectivity index (χ0n) is 19.5. The molecule has 2 unspecified atom stereocenters. The highest BCUT2D eigenvalue weighted by Gasteiger charge is 2.50. The monoisotopic (exact) mass is 449 g/mol. The van der Waals surface area contributed by atoms with Crippen LogP contribution in [0.3, 0.4) is 0 Å². The van der Waals surface area contributed by atoms with E-state index in [2.05, 4.69) is 10.3 Å². The third kappa shape index (κ3) is 3.74. The lowest BCUT2D eigenvalue weighted by atomic mass is 9.49. The zero-order chi connectivity index (χ0) is 22.7. The average molecular weight is 450 g/mol. The minimum atomic E-state index is -0.363. The van der Waals surface area contributed by atoms with Gasteiger partial charge in [0.1, 0.15) is 11.3 Å². The summed E-state index contributed by atoms with van der Waals surface area (Å²) in [5.41, 5.74) is 8.26. The summed E-state index contributed by atoms with van der Waals surface area (Å²) in [6.07, 6.45) is 10.8. The number of hydrogen-bond donors (Lipinski definition) is 2. The lowest BCUT2D eigenvalue weighted by Crippen LogP contribution is -2.51. The van der Waals surface area contributed by atoms with Gasteiger partial charge in [0.2, 0.25) is 5.91 Å². The number of aromatic nitrogens is 2. The number of pyridine rings is 1. The molecule has 176 valence electrons. The van der Waals surface area contributed by atoms with Crippen LogP contribution in [0, 0.1) is 23.2 Å². The van der Waals surface area contributed by atoms with Gasteiger partial charge in [-0.15, -0.1) is 0 Å². The third-order valence-electron chi connectivity index (χ3n) is 8.88. The maximum atomic E-state index is 13.3. The van der Waals surface area contributed by atoms with Crippen molar-refractivity contribution in [1.82, 2.24) is 19.6 Å². The van der Waals surface area contributed by atoms with Crippen LogP contribution in [-0.4, -0.2) is 51.8 Å². The van der Waals surface area contributed by atoms with E-state index in [4.69, 9.17) is 5.73 Å². The molecule has 2 atom stereocenters. The SMILES string of the molecule is CC(C(=O)N1CCC(N)C1)c1cn2c(C(=O)NCC34CC5CC(CC(C5)C3)C4)cccc2n1. The molecule has 5 fully saturated rings. The summed E-state index contributed by atoms with van der Waals surface area (Å²) in [6.45, 7) is 3.97. The van der Waals surface area contributed by atoms with Crippen molar-refractivity contribution >= 4 is 17.5 Å². The van der Waals surface area contributed by atoms with Gasteiger partial charge in [-0.25, -0.2) is 4.98 Å². The quantitative estimate of drug-likeness (QED) is 0.734. The fraction of sp³-hybridized carbons (Fsp3) is 0.654. The molecule has 7 rings (SSSR count). The van der Waals surface area contributed by atoms with Crippen molar-refractivity contribution in [2.75, 3.05) is 19.6 Å². The number of nitrogens with one attached hydrogen (secondary N) is 1. The first-order valence-corrected chi connectivity index (χ1v) is 12.7. The van der Waals surface area contributed by atoms with Crippen molar-refractivity contribution < 1.29 is 9.59 Å². The van der Waals surface area contributed by atoms with Crippen LogP contribution in [0.2, 0.25) is 0 Å². The molecule has 7 nitrogen and oxygen atoms in total. The fourth-order valence-electron chi connectivity index (χ4n) is 7.68. The number of amides is 2. The average Bonchev–Trinajstić information content (AvgIpc) is 3.41. The Labute approximate surface area is 195 Å². The molecule has 2 aromatic rings. The van der Waals surface area contributed by atoms with E-state index in [0.29, 0.717) is 35.5 Å². The molecule has 7 heteroatoms. The lowest BCUT2D eigenvalue weighted by Gasteiger charge is -2.56. The highest BCUT2D eigenvalue weighted by Crippen LogP contribution is 2.59. The maximum Gasteiger partial charge on any atom is 0.268 e. The molecule has 33 heavy (non-hydrogen) atoms. The molecule has 3 N–H and O–H groups in total. The van der Waals surface area contributed by atoms with E-state index in [1.807, 2.05) is 40.6 Å². The number of likely N-dealkylation sites (tertiary alicyclic amines) is 1. The van der Waals surface area contributed by atoms with Crippen LogP contribution in [0.15, 0.2) is 24.4 Å². The van der Waals surface area contributed by atoms with Crippen molar-refractivity contribution in [3.8, 4) is 0 Å². The number of imidazole rings is 1. The predicted molar refractivity (Wildman–Crippen MR) is 126 cm³/mol. The summed E-state index contributed by atoms with van der Waals surface area (Å²) in [6, 6.07) is 5.67. The van der Waals surface area contributed by atoms with E-state index in [9.17, 15) is 9.59 Å². The van der Waals surface area contributed by atoms with Crippen LogP contribution in [0.1, 0.15) is 74.0 Å². The van der Waals surface area contributed by atoms with Gasteiger partial charge in [0.25, 0.3) is 5.91 Å². The number of fused-ring (bicyclic) bond motifs is 1. The Kier molecular flexibility index (Phi) is 5.02. The van der Waals surface area contributed by atoms with Gasteiger partial charge in [-0.05, 0) is 87.2 Å². The summed E-state index contributed by atoms with van der Waals surface area (Å²) >= 11 is 0. The number of hydrogen-bond acceptors (Lipinski definition) is 4. The largest absolute Gasteiger partial charge is 0.350 e. The molecule has 1 saturated heterocycles. The van der Waals surface area contributed by atoms with Gasteiger partial charge in [-0.2, -0.15) is 0 Å². The molecule has 4 saturated carbocycles. The number of nitrogens with two attached hydrogens (primary N) is 1. The summed E-state index contributed by atoms with van der Waals surface area (Å²) in [7, 11) is 0. The molecule has 3 heterocycles. The van der Waals surface area contributed by atoms with Crippen LogP contribution in [0.25, 0.3) is 5.65 Å². The standard InChI is InChI=1S/C26H35N5O2/c1-16(25(33)30-6-5-20(27)13-30)21-14-31-22(3-2-4-23(31)29-21)24(32)28-15-26-10-17-7-18(11-26)9-19(8-17)12-26/h2-4,14,16-20H,5-13,15,27H2,1H3,(H,28,32). The Morgan fingerprint density at radius 1 is 1.18 bits per heavy atom. The van der Waals surface area contributed by atoms with E-state index in [0.717, 1.165) is 30.7 Å². The van der Waals surface area contributed by atoms with E-state index in [-0.39, 0.29) is 23.8 Å². The van der Waals surface area contributed by atoms with Gasteiger partial charge in [0.15, 0.2) is 0 Å². The highest BCUT2D eigenvalue weighted by molar-refractivity contribution is 5.93. The second-order valence-corrected chi connectivity index (χ2v) is 11.5. The number of nitrogens with zero attached hydrogens (tertiary/aromatic N) is 3. The van der Waals surface area contributed by atoms with E-state index in [1.165, 1.54) is 38.5 Å². The smallest absolute Gasteiger partial charge is 0.268 e. The Balaban J connectivity index is 1.18. The molecule has 4 bridgehead atoms. The Hall–Kier alpha value is -2.41. The number of carbonyl (C=O) groups is 2. The van der Waals surface area contributed by atoms with Crippen LogP contribution in [0.5, 0.6) is 0 Å². The van der Waals surface area contributed by atoms with E-state index < -0.39 is 0 Å². The molecular weight excluding hydrogens is 414 g/mol. The van der Waals surface area contributed by atoms with Gasteiger partial charge in [-0.3, -0.25) is 14.0 Å². The van der Waals surface area contributed by atoms with Gasteiger partial charge >= 0.3 is 0 Å². The molecule has 2 amide bonds. The third-order valence-corrected chi connectivity index (χ3v) is 8.88. The minimum absolute atomic E-state index is 0.0511. The Morgan fingerprint density at radius 3 is 2.52 bits per heavy atom. The molecule has 5 aliphatic rings. The van der Waals surface area contributed by atoms with Gasteiger partial charge in [0, 0.05) is 31.9 Å². The van der Waals surface area contributed by atoms with Crippen LogP contribution in [0.4, 0.5) is 0 Å². The summed E-state index contributed by atoms with van der Waals surface area (Å²) in [5, 5.41) is 3.28. The topological polar surface area (TPSA) is 92.7 Å². The zero-order valence-corrected chi connectivity index (χ0v) is 19.5. The Bertz CT molecular complexity index is 1060. The fourth-order valence-corrected chi connectivity index (χ4v) is 7.68. The molecule has 4 aliphatic carbocycles. The van der Waals surface area contributed by atoms with Crippen molar-refractivity contribution in [1.29, 1.82) is 0 Å². The minimum Gasteiger partial charge on any atom is -0.350 e. The first kappa shape index (κ1) is 21.1. The first-order valence-electron chi connectivity index (χ1n) is 12.7. The lowest BCUT2D eigenvalue weighted by molar-refractivity contribution is -0.131. The molecule has 1 aliphatic heterocycles. The summed E-state index contributed by atoms with van der Waals surface area (Å²) in [4.78, 5) is 32.7. The van der Waals surface area contributed by atoms with Crippen molar-refractivity contribution in [2.45, 2.75) is 63.8 Å². The second-order valence-electron chi connectivity index (χ2n) is 11.5. The normalized spacial score (nSPS) is 33.6. The summed E-state index contributed by atoms with van der Waals surface area (Å²) in [5.74, 6) is 2.26. The number of rotatable bonds is 5. The molecule has 0 radical (unpaired) electrons. The van der Waals surface area contributed by atoms with Gasteiger partial charge in [0.05, 0.1) is 11.6 Å². The van der Waals surface area contributed by atoms with Crippen molar-refractivity contribution in [3.63, 3.8) is 0 Å².